The largest absolute Gasteiger partial charge is 0.360 e. The maximum absolute atomic E-state index is 13.0. The number of quaternary nitrogens is 1. The van der Waals surface area contributed by atoms with Crippen LogP contribution in [0.15, 0.2) is 48.9 Å². The normalized spacial score (nSPS) is 16.9. The molecule has 0 saturated carbocycles. The molecule has 0 unspecified atom stereocenters. The summed E-state index contributed by atoms with van der Waals surface area (Å²) in [6, 6.07) is 9.73. The van der Waals surface area contributed by atoms with Crippen molar-refractivity contribution in [1.82, 2.24) is 15.0 Å². The number of carbonyl (C=O) groups excluding carboxylic acids is 1. The molecule has 1 saturated heterocycles. The van der Waals surface area contributed by atoms with Gasteiger partial charge in [-0.1, -0.05) is 18.2 Å². The fraction of sp³-hybridized carbons (Fsp3) is 0.316. The minimum atomic E-state index is -0.0574. The lowest BCUT2D eigenvalue weighted by Gasteiger charge is -2.34. The number of nitrogens with zero attached hydrogens (tertiary/aromatic N) is 3. The summed E-state index contributed by atoms with van der Waals surface area (Å²) in [7, 11) is 0. The van der Waals surface area contributed by atoms with Crippen molar-refractivity contribution in [2.24, 2.45) is 0 Å². The highest BCUT2D eigenvalue weighted by Crippen LogP contribution is 2.18. The Kier molecular flexibility index (Phi) is 4.19. The number of rotatable bonds is 4. The summed E-state index contributed by atoms with van der Waals surface area (Å²) in [5.74, 6) is 0.981. The molecule has 0 radical (unpaired) electrons. The number of fused-ring (bicyclic) bond motifs is 1. The van der Waals surface area contributed by atoms with Gasteiger partial charge in [0.25, 0.3) is 0 Å². The molecule has 1 aliphatic heterocycles. The van der Waals surface area contributed by atoms with Gasteiger partial charge in [-0.05, 0) is 19.1 Å². The zero-order valence-electron chi connectivity index (χ0n) is 14.3. The quantitative estimate of drug-likeness (QED) is 0.696. The number of para-hydroxylation sites is 1. The van der Waals surface area contributed by atoms with Gasteiger partial charge in [-0.3, -0.25) is 4.79 Å². The number of piperazine rings is 1. The maximum atomic E-state index is 13.0. The second kappa shape index (κ2) is 6.64. The van der Waals surface area contributed by atoms with Gasteiger partial charge >= 0.3 is 0 Å². The number of hydrogen-bond donors (Lipinski definition) is 2. The zero-order chi connectivity index (χ0) is 17.2. The lowest BCUT2D eigenvalue weighted by molar-refractivity contribution is -0.914. The van der Waals surface area contributed by atoms with E-state index in [4.69, 9.17) is 0 Å². The molecule has 0 amide bonds. The second-order valence-electron chi connectivity index (χ2n) is 6.53. The van der Waals surface area contributed by atoms with Crippen molar-refractivity contribution in [2.45, 2.75) is 13.0 Å². The first-order valence-corrected chi connectivity index (χ1v) is 8.71. The highest BCUT2D eigenvalue weighted by Gasteiger charge is 2.31. The number of Topliss-reactive ketones (excluding diaryl/α,β-unsaturated/α-hetero) is 1. The summed E-state index contributed by atoms with van der Waals surface area (Å²) < 4.78 is 0. The second-order valence-corrected chi connectivity index (χ2v) is 6.53. The van der Waals surface area contributed by atoms with Crippen LogP contribution in [0.25, 0.3) is 10.9 Å². The minimum Gasteiger partial charge on any atom is -0.360 e. The first kappa shape index (κ1) is 15.8. The third-order valence-corrected chi connectivity index (χ3v) is 5.10. The third kappa shape index (κ3) is 3.00. The van der Waals surface area contributed by atoms with E-state index in [-0.39, 0.29) is 11.8 Å². The van der Waals surface area contributed by atoms with E-state index in [9.17, 15) is 4.79 Å². The van der Waals surface area contributed by atoms with E-state index >= 15 is 0 Å². The van der Waals surface area contributed by atoms with Gasteiger partial charge in [0.2, 0.25) is 11.7 Å². The van der Waals surface area contributed by atoms with E-state index in [0.717, 1.165) is 48.6 Å². The number of aromatic nitrogens is 3. The monoisotopic (exact) mass is 336 g/mol. The van der Waals surface area contributed by atoms with Gasteiger partial charge < -0.3 is 14.8 Å². The number of aromatic amines is 1. The van der Waals surface area contributed by atoms with Gasteiger partial charge in [-0.15, -0.1) is 0 Å². The Balaban J connectivity index is 1.45. The van der Waals surface area contributed by atoms with E-state index in [1.165, 1.54) is 4.90 Å². The molecule has 25 heavy (non-hydrogen) atoms. The Morgan fingerprint density at radius 2 is 1.88 bits per heavy atom. The first-order chi connectivity index (χ1) is 12.2. The van der Waals surface area contributed by atoms with Crippen LogP contribution in [0.1, 0.15) is 17.3 Å². The number of hydrogen-bond acceptors (Lipinski definition) is 4. The van der Waals surface area contributed by atoms with Crippen LogP contribution in [0.4, 0.5) is 5.95 Å². The lowest BCUT2D eigenvalue weighted by atomic mass is 10.0. The van der Waals surface area contributed by atoms with Gasteiger partial charge in [-0.25, -0.2) is 9.97 Å². The van der Waals surface area contributed by atoms with Crippen molar-refractivity contribution in [1.29, 1.82) is 0 Å². The van der Waals surface area contributed by atoms with Gasteiger partial charge in [0.15, 0.2) is 0 Å². The molecule has 2 N–H and O–H groups in total. The molecule has 6 nitrogen and oxygen atoms in total. The summed E-state index contributed by atoms with van der Waals surface area (Å²) in [5, 5.41) is 1.01. The standard InChI is InChI=1S/C19H21N5O/c1-14(18(25)16-13-22-17-6-3-2-5-15(16)17)23-9-11-24(12-10-23)19-20-7-4-8-21-19/h2-8,13-14,22H,9-12H2,1H3/p+1/t14-/m1/s1. The molecule has 6 heteroatoms. The highest BCUT2D eigenvalue weighted by atomic mass is 16.1. The molecule has 1 aromatic carbocycles. The van der Waals surface area contributed by atoms with E-state index < -0.39 is 0 Å². The Bertz CT molecular complexity index is 868. The highest BCUT2D eigenvalue weighted by molar-refractivity contribution is 6.09. The number of H-pyrrole nitrogens is 1. The Morgan fingerprint density at radius 3 is 2.64 bits per heavy atom. The van der Waals surface area contributed by atoms with Crippen LogP contribution < -0.4 is 9.80 Å². The molecule has 0 bridgehead atoms. The fourth-order valence-electron chi connectivity index (χ4n) is 3.58. The lowest BCUT2D eigenvalue weighted by Crippen LogP contribution is -3.18. The Hall–Kier alpha value is -2.73. The number of carbonyl (C=O) groups is 1. The zero-order valence-corrected chi connectivity index (χ0v) is 14.3. The van der Waals surface area contributed by atoms with Crippen molar-refractivity contribution in [2.75, 3.05) is 31.1 Å². The SMILES string of the molecule is C[C@H](C(=O)c1c[nH]c2ccccc12)[NH+]1CCN(c2ncccn2)CC1. The molecule has 4 rings (SSSR count). The van der Waals surface area contributed by atoms with Gasteiger partial charge in [0.05, 0.1) is 26.2 Å². The summed E-state index contributed by atoms with van der Waals surface area (Å²) in [6.45, 7) is 5.59. The Morgan fingerprint density at radius 1 is 1.16 bits per heavy atom. The summed E-state index contributed by atoms with van der Waals surface area (Å²) in [5.41, 5.74) is 1.81. The van der Waals surface area contributed by atoms with Crippen LogP contribution in [-0.2, 0) is 0 Å². The summed E-state index contributed by atoms with van der Waals surface area (Å²) in [4.78, 5) is 28.3. The van der Waals surface area contributed by atoms with Gasteiger partial charge in [0.1, 0.15) is 6.04 Å². The molecular formula is C19H22N5O+. The predicted molar refractivity (Wildman–Crippen MR) is 97.0 cm³/mol. The molecule has 1 fully saturated rings. The maximum Gasteiger partial charge on any atom is 0.225 e. The van der Waals surface area contributed by atoms with Crippen LogP contribution in [0.3, 0.4) is 0 Å². The number of anilines is 1. The molecule has 1 aliphatic rings. The number of benzene rings is 1. The Labute approximate surface area is 146 Å². The molecule has 3 aromatic rings. The topological polar surface area (TPSA) is 66.3 Å². The van der Waals surface area contributed by atoms with Crippen LogP contribution >= 0.6 is 0 Å². The average Bonchev–Trinajstić information content (AvgIpc) is 3.12. The fourth-order valence-corrected chi connectivity index (χ4v) is 3.58. The molecule has 2 aromatic heterocycles. The van der Waals surface area contributed by atoms with Crippen molar-refractivity contribution in [3.8, 4) is 0 Å². The van der Waals surface area contributed by atoms with E-state index in [1.807, 2.05) is 43.5 Å². The van der Waals surface area contributed by atoms with Gasteiger partial charge in [0, 0.05) is 35.1 Å². The number of ketones is 1. The van der Waals surface area contributed by atoms with Crippen LogP contribution in [-0.4, -0.2) is 53.0 Å². The smallest absolute Gasteiger partial charge is 0.225 e. The molecule has 1 atom stereocenters. The summed E-state index contributed by atoms with van der Waals surface area (Å²) in [6.07, 6.45) is 5.38. The first-order valence-electron chi connectivity index (χ1n) is 8.71. The van der Waals surface area contributed by atoms with E-state index in [0.29, 0.717) is 0 Å². The van der Waals surface area contributed by atoms with Crippen molar-refractivity contribution in [3.05, 3.63) is 54.5 Å². The van der Waals surface area contributed by atoms with Crippen molar-refractivity contribution < 1.29 is 9.69 Å². The average molecular weight is 336 g/mol. The van der Waals surface area contributed by atoms with E-state index in [2.05, 4.69) is 19.9 Å². The molecular weight excluding hydrogens is 314 g/mol. The molecule has 0 aliphatic carbocycles. The minimum absolute atomic E-state index is 0.0574. The van der Waals surface area contributed by atoms with Crippen LogP contribution in [0.2, 0.25) is 0 Å². The molecule has 128 valence electrons. The third-order valence-electron chi connectivity index (χ3n) is 5.10. The molecule has 3 heterocycles. The number of nitrogens with one attached hydrogen (secondary N) is 2. The van der Waals surface area contributed by atoms with Crippen molar-refractivity contribution >= 4 is 22.6 Å². The van der Waals surface area contributed by atoms with Crippen molar-refractivity contribution in [3.63, 3.8) is 0 Å². The predicted octanol–water partition coefficient (Wildman–Crippen LogP) is 0.934. The summed E-state index contributed by atoms with van der Waals surface area (Å²) >= 11 is 0. The molecule has 0 spiro atoms. The van der Waals surface area contributed by atoms with Crippen LogP contribution in [0, 0.1) is 0 Å². The van der Waals surface area contributed by atoms with Gasteiger partial charge in [-0.2, -0.15) is 0 Å². The van der Waals surface area contributed by atoms with E-state index in [1.54, 1.807) is 12.4 Å². The van der Waals surface area contributed by atoms with Crippen LogP contribution in [0.5, 0.6) is 0 Å².